The molecule has 3 saturated carbocycles. The minimum Gasteiger partial charge on any atom is -0.490 e. The fraction of sp³-hybridized carbons (Fsp3) is 0.429. The Morgan fingerprint density at radius 3 is 2.42 bits per heavy atom. The maximum absolute atomic E-state index is 13.4. The van der Waals surface area contributed by atoms with Gasteiger partial charge in [-0.3, -0.25) is 9.89 Å². The van der Waals surface area contributed by atoms with Gasteiger partial charge in [0, 0.05) is 16.5 Å². The molecule has 40 heavy (non-hydrogen) atoms. The molecule has 3 fully saturated rings. The van der Waals surface area contributed by atoms with Crippen LogP contribution in [0.15, 0.2) is 72.8 Å². The fourth-order valence-electron chi connectivity index (χ4n) is 7.55. The van der Waals surface area contributed by atoms with Crippen LogP contribution >= 0.6 is 0 Å². The lowest BCUT2D eigenvalue weighted by Crippen LogP contribution is -2.32. The molecule has 3 unspecified atom stereocenters. The average molecular weight is 534 g/mol. The lowest BCUT2D eigenvalue weighted by Gasteiger charge is -2.35. The predicted octanol–water partition coefficient (Wildman–Crippen LogP) is 8.09. The summed E-state index contributed by atoms with van der Waals surface area (Å²) in [4.78, 5) is 13.4. The summed E-state index contributed by atoms with van der Waals surface area (Å²) in [5.74, 6) is 4.02. The van der Waals surface area contributed by atoms with Crippen LogP contribution in [0.3, 0.4) is 0 Å². The Bertz CT molecular complexity index is 1460. The number of nitrogens with one attached hydrogen (secondary N) is 2. The van der Waals surface area contributed by atoms with Gasteiger partial charge in [-0.1, -0.05) is 50.1 Å². The van der Waals surface area contributed by atoms with E-state index < -0.39 is 0 Å². The summed E-state index contributed by atoms with van der Waals surface area (Å²) in [6, 6.07) is 24.5. The van der Waals surface area contributed by atoms with Crippen molar-refractivity contribution in [1.82, 2.24) is 15.5 Å². The van der Waals surface area contributed by atoms with Gasteiger partial charge in [-0.25, -0.2) is 0 Å². The fourth-order valence-corrected chi connectivity index (χ4v) is 7.55. The summed E-state index contributed by atoms with van der Waals surface area (Å²) >= 11 is 0. The first-order chi connectivity index (χ1) is 19.7. The van der Waals surface area contributed by atoms with Gasteiger partial charge in [0.15, 0.2) is 0 Å². The van der Waals surface area contributed by atoms with E-state index in [1.165, 1.54) is 44.1 Å². The highest BCUT2D eigenvalue weighted by Crippen LogP contribution is 2.49. The van der Waals surface area contributed by atoms with Crippen molar-refractivity contribution in [1.29, 1.82) is 0 Å². The highest BCUT2D eigenvalue weighted by atomic mass is 16.5. The highest BCUT2D eigenvalue weighted by Gasteiger charge is 2.42. The molecule has 4 aromatic rings. The first-order valence-corrected chi connectivity index (χ1v) is 15.3. The number of ether oxygens (including phenoxy) is 1. The van der Waals surface area contributed by atoms with Crippen LogP contribution in [0.4, 0.5) is 0 Å². The molecule has 2 N–H and O–H groups in total. The molecule has 1 heterocycles. The zero-order chi connectivity index (χ0) is 27.1. The van der Waals surface area contributed by atoms with Gasteiger partial charge in [-0.2, -0.15) is 5.10 Å². The Hall–Kier alpha value is -3.60. The van der Waals surface area contributed by atoms with Gasteiger partial charge in [0.05, 0.1) is 23.4 Å². The molecule has 3 aliphatic rings. The summed E-state index contributed by atoms with van der Waals surface area (Å²) in [5.41, 5.74) is 4.63. The van der Waals surface area contributed by atoms with Crippen LogP contribution in [0.25, 0.3) is 22.2 Å². The maximum atomic E-state index is 13.4. The van der Waals surface area contributed by atoms with E-state index in [9.17, 15) is 4.79 Å². The number of H-pyrrole nitrogens is 1. The molecule has 5 heteroatoms. The van der Waals surface area contributed by atoms with Crippen LogP contribution in [0, 0.1) is 23.7 Å². The Balaban J connectivity index is 1.06. The third-order valence-corrected chi connectivity index (χ3v) is 9.67. The third-order valence-electron chi connectivity index (χ3n) is 9.67. The predicted molar refractivity (Wildman–Crippen MR) is 159 cm³/mol. The topological polar surface area (TPSA) is 67.0 Å². The summed E-state index contributed by atoms with van der Waals surface area (Å²) in [7, 11) is 0. The number of rotatable bonds is 9. The van der Waals surface area contributed by atoms with Crippen molar-refractivity contribution in [3.63, 3.8) is 0 Å². The number of nitrogens with zero attached hydrogens (tertiary/aromatic N) is 1. The van der Waals surface area contributed by atoms with Crippen molar-refractivity contribution in [2.45, 2.75) is 70.4 Å². The van der Waals surface area contributed by atoms with Crippen LogP contribution in [0.1, 0.15) is 80.3 Å². The monoisotopic (exact) mass is 533 g/mol. The van der Waals surface area contributed by atoms with Gasteiger partial charge < -0.3 is 10.1 Å². The molecule has 5 nitrogen and oxygen atoms in total. The molecule has 1 aromatic heterocycles. The molecule has 3 aliphatic carbocycles. The lowest BCUT2D eigenvalue weighted by atomic mass is 9.75. The van der Waals surface area contributed by atoms with E-state index in [-0.39, 0.29) is 11.9 Å². The van der Waals surface area contributed by atoms with Gasteiger partial charge in [0.2, 0.25) is 0 Å². The smallest absolute Gasteiger partial charge is 0.251 e. The van der Waals surface area contributed by atoms with E-state index in [4.69, 9.17) is 4.74 Å². The molecule has 0 radical (unpaired) electrons. The zero-order valence-electron chi connectivity index (χ0n) is 23.3. The molecule has 0 saturated heterocycles. The standard InChI is InChI=1S/C35H39N3O2/c1-2-6-30-25-11-12-26(30)20-29(19-25)40-28-16-13-24(14-17-28)34-31-21-27(15-18-32(31)37-38-34)35(39)36-33(23-9-10-23)22-7-4-3-5-8-22/h3-5,7-8,13-18,21,23,25-26,29-30,33H,2,6,9-12,19-20H2,1H3,(H,36,39)(H,37,38). The van der Waals surface area contributed by atoms with Gasteiger partial charge >= 0.3 is 0 Å². The van der Waals surface area contributed by atoms with E-state index in [0.29, 0.717) is 17.6 Å². The van der Waals surface area contributed by atoms with Crippen molar-refractivity contribution in [2.24, 2.45) is 23.7 Å². The first kappa shape index (κ1) is 25.4. The van der Waals surface area contributed by atoms with Gasteiger partial charge in [0.25, 0.3) is 5.91 Å². The minimum atomic E-state index is -0.0406. The number of aromatic amines is 1. The van der Waals surface area contributed by atoms with Crippen LogP contribution in [-0.4, -0.2) is 22.2 Å². The number of carbonyl (C=O) groups is 1. The average Bonchev–Trinajstić information content (AvgIpc) is 3.70. The summed E-state index contributed by atoms with van der Waals surface area (Å²) in [6.07, 6.45) is 10.5. The first-order valence-electron chi connectivity index (χ1n) is 15.3. The lowest BCUT2D eigenvalue weighted by molar-refractivity contribution is 0.0756. The van der Waals surface area contributed by atoms with E-state index in [1.807, 2.05) is 36.4 Å². The van der Waals surface area contributed by atoms with Crippen LogP contribution < -0.4 is 10.1 Å². The molecular weight excluding hydrogens is 494 g/mol. The normalized spacial score (nSPS) is 24.6. The van der Waals surface area contributed by atoms with Crippen molar-refractivity contribution in [3.8, 4) is 17.0 Å². The number of fused-ring (bicyclic) bond motifs is 3. The Morgan fingerprint density at radius 2 is 1.73 bits per heavy atom. The van der Waals surface area contributed by atoms with Gasteiger partial charge in [-0.15, -0.1) is 0 Å². The molecular formula is C35H39N3O2. The second-order valence-electron chi connectivity index (χ2n) is 12.3. The number of carbonyl (C=O) groups excluding carboxylic acids is 1. The highest BCUT2D eigenvalue weighted by molar-refractivity contribution is 6.01. The Kier molecular flexibility index (Phi) is 6.82. The van der Waals surface area contributed by atoms with E-state index >= 15 is 0 Å². The van der Waals surface area contributed by atoms with E-state index in [0.717, 1.165) is 58.5 Å². The molecule has 7 rings (SSSR count). The van der Waals surface area contributed by atoms with E-state index in [2.05, 4.69) is 58.8 Å². The van der Waals surface area contributed by atoms with Crippen molar-refractivity contribution < 1.29 is 9.53 Å². The molecule has 206 valence electrons. The second-order valence-corrected chi connectivity index (χ2v) is 12.3. The Morgan fingerprint density at radius 1 is 0.975 bits per heavy atom. The van der Waals surface area contributed by atoms with Crippen LogP contribution in [0.5, 0.6) is 5.75 Å². The third kappa shape index (κ3) is 5.02. The van der Waals surface area contributed by atoms with Crippen molar-refractivity contribution in [3.05, 3.63) is 83.9 Å². The van der Waals surface area contributed by atoms with Crippen LogP contribution in [0.2, 0.25) is 0 Å². The summed E-state index contributed by atoms with van der Waals surface area (Å²) in [6.45, 7) is 2.32. The molecule has 0 aliphatic heterocycles. The van der Waals surface area contributed by atoms with E-state index in [1.54, 1.807) is 0 Å². The number of aromatic nitrogens is 2. The molecule has 3 aromatic carbocycles. The van der Waals surface area contributed by atoms with Crippen molar-refractivity contribution >= 4 is 16.8 Å². The second kappa shape index (κ2) is 10.8. The van der Waals surface area contributed by atoms with Gasteiger partial charge in [-0.05, 0) is 110 Å². The number of hydrogen-bond donors (Lipinski definition) is 2. The maximum Gasteiger partial charge on any atom is 0.251 e. The molecule has 3 atom stereocenters. The van der Waals surface area contributed by atoms with Crippen LogP contribution in [-0.2, 0) is 0 Å². The number of amides is 1. The number of benzene rings is 3. The molecule has 0 spiro atoms. The zero-order valence-corrected chi connectivity index (χ0v) is 23.3. The van der Waals surface area contributed by atoms with Crippen molar-refractivity contribution in [2.75, 3.05) is 0 Å². The largest absolute Gasteiger partial charge is 0.490 e. The quantitative estimate of drug-likeness (QED) is 0.228. The molecule has 1 amide bonds. The summed E-state index contributed by atoms with van der Waals surface area (Å²) < 4.78 is 6.49. The minimum absolute atomic E-state index is 0.0406. The van der Waals surface area contributed by atoms with Gasteiger partial charge in [0.1, 0.15) is 5.75 Å². The number of hydrogen-bond acceptors (Lipinski definition) is 3. The molecule has 2 bridgehead atoms. The Labute approximate surface area is 236 Å². The summed E-state index contributed by atoms with van der Waals surface area (Å²) in [5, 5.41) is 12.0. The SMILES string of the molecule is CCCC1C2CCC1CC(Oc1ccc(-c3n[nH]c4ccc(C(=O)NC(c5ccccc5)C5CC5)cc34)cc1)C2.